The van der Waals surface area contributed by atoms with Crippen LogP contribution in [-0.2, 0) is 15.9 Å². The van der Waals surface area contributed by atoms with Gasteiger partial charge in [0.2, 0.25) is 0 Å². The van der Waals surface area contributed by atoms with Crippen LogP contribution in [0.25, 0.3) is 0 Å². The number of fused-ring (bicyclic) bond motifs is 6. The molecule has 1 saturated heterocycles. The van der Waals surface area contributed by atoms with E-state index in [9.17, 15) is 5.11 Å². The Labute approximate surface area is 144 Å². The maximum Gasteiger partial charge on any atom is 0.173 e. The number of ether oxygens (including phenoxy) is 2. The average molecular weight is 328 g/mol. The molecule has 3 heteroatoms. The van der Waals surface area contributed by atoms with Crippen molar-refractivity contribution in [3.8, 4) is 5.75 Å². The molecule has 1 spiro atoms. The molecule has 2 saturated carbocycles. The number of aromatic hydroxyl groups is 1. The molecule has 1 aromatic carbocycles. The van der Waals surface area contributed by atoms with Crippen molar-refractivity contribution in [3.05, 3.63) is 29.3 Å². The zero-order valence-corrected chi connectivity index (χ0v) is 14.6. The van der Waals surface area contributed by atoms with E-state index in [1.165, 1.54) is 36.8 Å². The van der Waals surface area contributed by atoms with Gasteiger partial charge in [-0.1, -0.05) is 13.0 Å². The van der Waals surface area contributed by atoms with Crippen LogP contribution in [0.15, 0.2) is 18.2 Å². The molecule has 0 radical (unpaired) electrons. The van der Waals surface area contributed by atoms with E-state index >= 15 is 0 Å². The summed E-state index contributed by atoms with van der Waals surface area (Å²) < 4.78 is 12.6. The highest BCUT2D eigenvalue weighted by atomic mass is 16.7. The second kappa shape index (κ2) is 5.22. The molecule has 4 aliphatic rings. The van der Waals surface area contributed by atoms with Gasteiger partial charge in [0, 0.05) is 11.8 Å². The highest BCUT2D eigenvalue weighted by molar-refractivity contribution is 5.40. The zero-order valence-electron chi connectivity index (χ0n) is 14.6. The van der Waals surface area contributed by atoms with E-state index in [4.69, 9.17) is 9.47 Å². The number of hydrogen-bond donors (Lipinski definition) is 1. The largest absolute Gasteiger partial charge is 0.508 e. The average Bonchev–Trinajstić information content (AvgIpc) is 2.87. The van der Waals surface area contributed by atoms with Gasteiger partial charge in [0.05, 0.1) is 13.2 Å². The van der Waals surface area contributed by atoms with Crippen molar-refractivity contribution in [3.63, 3.8) is 0 Å². The Morgan fingerprint density at radius 3 is 2.75 bits per heavy atom. The van der Waals surface area contributed by atoms with E-state index in [0.29, 0.717) is 17.6 Å². The molecule has 3 fully saturated rings. The molecule has 5 rings (SSSR count). The van der Waals surface area contributed by atoms with Crippen molar-refractivity contribution < 1.29 is 14.6 Å². The fourth-order valence-corrected chi connectivity index (χ4v) is 6.57. The highest BCUT2D eigenvalue weighted by Gasteiger charge is 2.64. The lowest BCUT2D eigenvalue weighted by Gasteiger charge is -2.54. The summed E-state index contributed by atoms with van der Waals surface area (Å²) in [7, 11) is 0. The van der Waals surface area contributed by atoms with Crippen molar-refractivity contribution in [2.45, 2.75) is 63.6 Å². The van der Waals surface area contributed by atoms with Crippen LogP contribution in [0.3, 0.4) is 0 Å². The molecule has 3 nitrogen and oxygen atoms in total. The van der Waals surface area contributed by atoms with Crippen LogP contribution in [0.2, 0.25) is 0 Å². The van der Waals surface area contributed by atoms with Gasteiger partial charge in [0.1, 0.15) is 5.75 Å². The maximum atomic E-state index is 9.81. The molecule has 130 valence electrons. The fourth-order valence-electron chi connectivity index (χ4n) is 6.57. The molecule has 3 unspecified atom stereocenters. The second-order valence-electron chi connectivity index (χ2n) is 8.60. The maximum absolute atomic E-state index is 9.81. The summed E-state index contributed by atoms with van der Waals surface area (Å²) in [4.78, 5) is 0. The Hall–Kier alpha value is -1.06. The smallest absolute Gasteiger partial charge is 0.173 e. The molecule has 1 heterocycles. The number of benzene rings is 1. The molecule has 1 N–H and O–H groups in total. The lowest BCUT2D eigenvalue weighted by Crippen LogP contribution is -2.55. The predicted octanol–water partition coefficient (Wildman–Crippen LogP) is 4.38. The predicted molar refractivity (Wildman–Crippen MR) is 92.0 cm³/mol. The first-order valence-corrected chi connectivity index (χ1v) is 9.73. The minimum absolute atomic E-state index is 0.170. The lowest BCUT2D eigenvalue weighted by atomic mass is 9.54. The van der Waals surface area contributed by atoms with Crippen molar-refractivity contribution in [1.82, 2.24) is 0 Å². The van der Waals surface area contributed by atoms with Crippen LogP contribution < -0.4 is 0 Å². The van der Waals surface area contributed by atoms with E-state index < -0.39 is 0 Å². The second-order valence-corrected chi connectivity index (χ2v) is 8.60. The number of phenolic OH excluding ortho intramolecular Hbond substituents is 1. The number of aryl methyl sites for hydroxylation is 1. The SMILES string of the molecule is C[C@]12CCC3c4ccc(O)cc4CCC3C1CCC21OCCCO1. The Kier molecular flexibility index (Phi) is 3.31. The lowest BCUT2D eigenvalue weighted by molar-refractivity contribution is -0.320. The number of phenols is 1. The molecular formula is C21H28O3. The first-order valence-electron chi connectivity index (χ1n) is 9.73. The number of rotatable bonds is 0. The van der Waals surface area contributed by atoms with Gasteiger partial charge in [-0.2, -0.15) is 0 Å². The van der Waals surface area contributed by atoms with Gasteiger partial charge in [-0.25, -0.2) is 0 Å². The minimum Gasteiger partial charge on any atom is -0.508 e. The van der Waals surface area contributed by atoms with Gasteiger partial charge in [-0.3, -0.25) is 0 Å². The van der Waals surface area contributed by atoms with Crippen LogP contribution >= 0.6 is 0 Å². The normalized spacial score (nSPS) is 40.0. The molecule has 1 aliphatic heterocycles. The van der Waals surface area contributed by atoms with Crippen LogP contribution in [-0.4, -0.2) is 24.1 Å². The molecular weight excluding hydrogens is 300 g/mol. The molecule has 1 aromatic rings. The van der Waals surface area contributed by atoms with Gasteiger partial charge in [0.15, 0.2) is 5.79 Å². The van der Waals surface area contributed by atoms with Crippen molar-refractivity contribution in [2.24, 2.45) is 17.3 Å². The quantitative estimate of drug-likeness (QED) is 0.768. The van der Waals surface area contributed by atoms with E-state index in [0.717, 1.165) is 38.4 Å². The minimum atomic E-state index is -0.309. The molecule has 0 amide bonds. The zero-order chi connectivity index (χ0) is 16.4. The van der Waals surface area contributed by atoms with E-state index in [2.05, 4.69) is 13.0 Å². The molecule has 3 aliphatic carbocycles. The van der Waals surface area contributed by atoms with Crippen molar-refractivity contribution >= 4 is 0 Å². The van der Waals surface area contributed by atoms with E-state index in [1.54, 1.807) is 0 Å². The van der Waals surface area contributed by atoms with E-state index in [-0.39, 0.29) is 11.2 Å². The van der Waals surface area contributed by atoms with Gasteiger partial charge >= 0.3 is 0 Å². The Balaban J connectivity index is 1.49. The molecule has 0 bridgehead atoms. The third-order valence-electron chi connectivity index (χ3n) is 7.71. The third kappa shape index (κ3) is 1.91. The standard InChI is InChI=1S/C21H28O3/c1-20-9-7-17-16-6-4-15(22)13-14(16)3-5-18(17)19(20)8-10-21(20)23-11-2-12-24-21/h4,6,13,17-19,22H,2-3,5,7-12H2,1H3/t17?,18?,19?,20-/m0/s1. The van der Waals surface area contributed by atoms with Gasteiger partial charge in [-0.05, 0) is 79.5 Å². The summed E-state index contributed by atoms with van der Waals surface area (Å²) in [5.74, 6) is 2.21. The van der Waals surface area contributed by atoms with Gasteiger partial charge in [0.25, 0.3) is 0 Å². The molecule has 24 heavy (non-hydrogen) atoms. The Morgan fingerprint density at radius 2 is 1.92 bits per heavy atom. The fraction of sp³-hybridized carbons (Fsp3) is 0.714. The van der Waals surface area contributed by atoms with E-state index in [1.807, 2.05) is 12.1 Å². The molecule has 4 atom stereocenters. The van der Waals surface area contributed by atoms with Crippen LogP contribution in [0.1, 0.15) is 62.5 Å². The summed E-state index contributed by atoms with van der Waals surface area (Å²) in [6.07, 6.45) is 8.11. The summed E-state index contributed by atoms with van der Waals surface area (Å²) in [6, 6.07) is 6.05. The Bertz CT molecular complexity index is 648. The highest BCUT2D eigenvalue weighted by Crippen LogP contribution is 2.66. The molecule has 0 aromatic heterocycles. The van der Waals surface area contributed by atoms with Crippen LogP contribution in [0.4, 0.5) is 0 Å². The summed E-state index contributed by atoms with van der Waals surface area (Å²) >= 11 is 0. The first kappa shape index (κ1) is 15.2. The summed E-state index contributed by atoms with van der Waals surface area (Å²) in [5.41, 5.74) is 3.04. The monoisotopic (exact) mass is 328 g/mol. The Morgan fingerprint density at radius 1 is 1.08 bits per heavy atom. The summed E-state index contributed by atoms with van der Waals surface area (Å²) in [5, 5.41) is 9.81. The van der Waals surface area contributed by atoms with Crippen LogP contribution in [0.5, 0.6) is 5.75 Å². The topological polar surface area (TPSA) is 38.7 Å². The third-order valence-corrected chi connectivity index (χ3v) is 7.71. The van der Waals surface area contributed by atoms with Gasteiger partial charge < -0.3 is 14.6 Å². The first-order chi connectivity index (χ1) is 11.6. The number of hydrogen-bond acceptors (Lipinski definition) is 3. The van der Waals surface area contributed by atoms with Crippen LogP contribution in [0, 0.1) is 17.3 Å². The van der Waals surface area contributed by atoms with Crippen molar-refractivity contribution in [1.29, 1.82) is 0 Å². The van der Waals surface area contributed by atoms with Crippen molar-refractivity contribution in [2.75, 3.05) is 13.2 Å². The summed E-state index contributed by atoms with van der Waals surface area (Å²) in [6.45, 7) is 4.16. The van der Waals surface area contributed by atoms with Gasteiger partial charge in [-0.15, -0.1) is 0 Å².